The van der Waals surface area contributed by atoms with Crippen molar-refractivity contribution in [3.05, 3.63) is 53.3 Å². The van der Waals surface area contributed by atoms with Crippen molar-refractivity contribution in [1.29, 1.82) is 0 Å². The van der Waals surface area contributed by atoms with Gasteiger partial charge in [0.1, 0.15) is 11.4 Å². The molecule has 7 nitrogen and oxygen atoms in total. The topological polar surface area (TPSA) is 75.7 Å². The van der Waals surface area contributed by atoms with E-state index in [-0.39, 0.29) is 12.1 Å². The number of carbonyl (C=O) groups excluding carboxylic acids is 1. The average molecular weight is 339 g/mol. The normalized spacial score (nSPS) is 17.4. The Morgan fingerprint density at radius 3 is 3.08 bits per heavy atom. The molecule has 1 aliphatic heterocycles. The van der Waals surface area contributed by atoms with Gasteiger partial charge in [0.05, 0.1) is 30.2 Å². The monoisotopic (exact) mass is 339 g/mol. The molecule has 0 saturated carbocycles. The summed E-state index contributed by atoms with van der Waals surface area (Å²) in [5, 5.41) is 7.06. The fourth-order valence-electron chi connectivity index (χ4n) is 3.66. The van der Waals surface area contributed by atoms with Crippen LogP contribution in [-0.2, 0) is 6.54 Å². The van der Waals surface area contributed by atoms with Crippen LogP contribution >= 0.6 is 0 Å². The van der Waals surface area contributed by atoms with E-state index in [1.54, 1.807) is 6.20 Å². The first kappa shape index (κ1) is 15.7. The number of nitrogens with zero attached hydrogens (tertiary/aromatic N) is 4. The zero-order valence-corrected chi connectivity index (χ0v) is 14.4. The molecule has 1 unspecified atom stereocenters. The van der Waals surface area contributed by atoms with E-state index < -0.39 is 0 Å². The zero-order chi connectivity index (χ0) is 17.4. The van der Waals surface area contributed by atoms with Crippen molar-refractivity contribution in [2.75, 3.05) is 6.54 Å². The number of pyridine rings is 1. The van der Waals surface area contributed by atoms with Gasteiger partial charge < -0.3 is 19.1 Å². The summed E-state index contributed by atoms with van der Waals surface area (Å²) in [4.78, 5) is 19.0. The number of likely N-dealkylation sites (tertiary alicyclic amines) is 1. The number of amides is 2. The van der Waals surface area contributed by atoms with Gasteiger partial charge in [-0.2, -0.15) is 0 Å². The molecule has 0 aromatic carbocycles. The SMILES string of the molecule is Cc1noc(C)c1C1CCCN1C(=O)NCc1cnc2ccccn12. The van der Waals surface area contributed by atoms with Crippen LogP contribution in [0.15, 0.2) is 35.1 Å². The first-order valence-electron chi connectivity index (χ1n) is 8.53. The van der Waals surface area contributed by atoms with Gasteiger partial charge >= 0.3 is 6.03 Å². The van der Waals surface area contributed by atoms with Crippen LogP contribution in [0, 0.1) is 13.8 Å². The third-order valence-electron chi connectivity index (χ3n) is 4.85. The van der Waals surface area contributed by atoms with Crippen molar-refractivity contribution in [3.8, 4) is 0 Å². The van der Waals surface area contributed by atoms with Crippen molar-refractivity contribution in [2.24, 2.45) is 0 Å². The van der Waals surface area contributed by atoms with Crippen molar-refractivity contribution < 1.29 is 9.32 Å². The molecule has 1 fully saturated rings. The Labute approximate surface area is 145 Å². The molecule has 1 N–H and O–H groups in total. The predicted molar refractivity (Wildman–Crippen MR) is 92.1 cm³/mol. The van der Waals surface area contributed by atoms with Crippen molar-refractivity contribution in [2.45, 2.75) is 39.3 Å². The number of nitrogens with one attached hydrogen (secondary N) is 1. The average Bonchev–Trinajstić information content (AvgIpc) is 3.32. The fourth-order valence-corrected chi connectivity index (χ4v) is 3.66. The summed E-state index contributed by atoms with van der Waals surface area (Å²) in [5.41, 5.74) is 3.74. The Morgan fingerprint density at radius 2 is 2.28 bits per heavy atom. The van der Waals surface area contributed by atoms with Gasteiger partial charge in [-0.05, 0) is 38.8 Å². The van der Waals surface area contributed by atoms with E-state index in [0.29, 0.717) is 6.54 Å². The van der Waals surface area contributed by atoms with E-state index in [1.807, 2.05) is 47.5 Å². The largest absolute Gasteiger partial charge is 0.361 e. The third kappa shape index (κ3) is 2.75. The Balaban J connectivity index is 1.49. The Hall–Kier alpha value is -2.83. The van der Waals surface area contributed by atoms with E-state index in [9.17, 15) is 4.79 Å². The number of aromatic nitrogens is 3. The van der Waals surface area contributed by atoms with Crippen molar-refractivity contribution in [1.82, 2.24) is 24.8 Å². The van der Waals surface area contributed by atoms with E-state index in [0.717, 1.165) is 47.7 Å². The van der Waals surface area contributed by atoms with Crippen LogP contribution in [0.5, 0.6) is 0 Å². The fraction of sp³-hybridized carbons (Fsp3) is 0.389. The number of imidazole rings is 1. The lowest BCUT2D eigenvalue weighted by Gasteiger charge is -2.25. The van der Waals surface area contributed by atoms with Gasteiger partial charge in [0.15, 0.2) is 0 Å². The molecule has 0 bridgehead atoms. The maximum atomic E-state index is 12.7. The van der Waals surface area contributed by atoms with Gasteiger partial charge in [-0.15, -0.1) is 0 Å². The number of rotatable bonds is 3. The second kappa shape index (κ2) is 6.23. The minimum Gasteiger partial charge on any atom is -0.361 e. The van der Waals surface area contributed by atoms with Gasteiger partial charge in [0.2, 0.25) is 0 Å². The first-order chi connectivity index (χ1) is 12.1. The van der Waals surface area contributed by atoms with Crippen LogP contribution in [-0.4, -0.2) is 32.0 Å². The summed E-state index contributed by atoms with van der Waals surface area (Å²) in [6, 6.07) is 5.82. The minimum atomic E-state index is -0.0617. The molecule has 130 valence electrons. The maximum absolute atomic E-state index is 12.7. The van der Waals surface area contributed by atoms with Crippen LogP contribution in [0.2, 0.25) is 0 Å². The zero-order valence-electron chi connectivity index (χ0n) is 14.4. The lowest BCUT2D eigenvalue weighted by atomic mass is 10.0. The summed E-state index contributed by atoms with van der Waals surface area (Å²) in [6.07, 6.45) is 5.67. The quantitative estimate of drug-likeness (QED) is 0.796. The van der Waals surface area contributed by atoms with Crippen LogP contribution in [0.1, 0.15) is 41.6 Å². The molecular formula is C18H21N5O2. The summed E-state index contributed by atoms with van der Waals surface area (Å²) < 4.78 is 7.27. The minimum absolute atomic E-state index is 0.0356. The van der Waals surface area contributed by atoms with E-state index >= 15 is 0 Å². The molecule has 3 aromatic rings. The Bertz CT molecular complexity index is 894. The summed E-state index contributed by atoms with van der Waals surface area (Å²) >= 11 is 0. The second-order valence-electron chi connectivity index (χ2n) is 6.43. The lowest BCUT2D eigenvalue weighted by Crippen LogP contribution is -2.39. The van der Waals surface area contributed by atoms with Crippen LogP contribution in [0.25, 0.3) is 5.65 Å². The number of carbonyl (C=O) groups is 1. The lowest BCUT2D eigenvalue weighted by molar-refractivity contribution is 0.192. The highest BCUT2D eigenvalue weighted by Crippen LogP contribution is 2.35. The molecule has 1 atom stereocenters. The first-order valence-corrected chi connectivity index (χ1v) is 8.53. The molecule has 0 radical (unpaired) electrons. The highest BCUT2D eigenvalue weighted by molar-refractivity contribution is 5.75. The third-order valence-corrected chi connectivity index (χ3v) is 4.85. The second-order valence-corrected chi connectivity index (χ2v) is 6.43. The van der Waals surface area contributed by atoms with Gasteiger partial charge in [-0.3, -0.25) is 0 Å². The molecule has 2 amide bonds. The number of fused-ring (bicyclic) bond motifs is 1. The molecule has 1 aliphatic rings. The van der Waals surface area contributed by atoms with E-state index in [4.69, 9.17) is 4.52 Å². The number of hydrogen-bond donors (Lipinski definition) is 1. The van der Waals surface area contributed by atoms with Crippen LogP contribution in [0.3, 0.4) is 0 Å². The number of urea groups is 1. The molecule has 7 heteroatoms. The molecule has 4 heterocycles. The van der Waals surface area contributed by atoms with Gasteiger partial charge in [0.25, 0.3) is 0 Å². The van der Waals surface area contributed by atoms with Crippen molar-refractivity contribution in [3.63, 3.8) is 0 Å². The molecule has 1 saturated heterocycles. The molecule has 25 heavy (non-hydrogen) atoms. The van der Waals surface area contributed by atoms with Crippen molar-refractivity contribution >= 4 is 11.7 Å². The van der Waals surface area contributed by atoms with E-state index in [1.165, 1.54) is 0 Å². The smallest absolute Gasteiger partial charge is 0.318 e. The van der Waals surface area contributed by atoms with Gasteiger partial charge in [-0.25, -0.2) is 9.78 Å². The van der Waals surface area contributed by atoms with Gasteiger partial charge in [0, 0.05) is 18.3 Å². The predicted octanol–water partition coefficient (Wildman–Crippen LogP) is 2.99. The van der Waals surface area contributed by atoms with Gasteiger partial charge in [-0.1, -0.05) is 11.2 Å². The summed E-state index contributed by atoms with van der Waals surface area (Å²) in [6.45, 7) is 5.02. The molecular weight excluding hydrogens is 318 g/mol. The molecule has 3 aromatic heterocycles. The Morgan fingerprint density at radius 1 is 1.40 bits per heavy atom. The number of aryl methyl sites for hydroxylation is 2. The number of hydrogen-bond acceptors (Lipinski definition) is 4. The Kier molecular flexibility index (Phi) is 3.91. The van der Waals surface area contributed by atoms with Crippen LogP contribution < -0.4 is 5.32 Å². The molecule has 4 rings (SSSR count). The summed E-state index contributed by atoms with van der Waals surface area (Å²) in [7, 11) is 0. The highest BCUT2D eigenvalue weighted by atomic mass is 16.5. The summed E-state index contributed by atoms with van der Waals surface area (Å²) in [5.74, 6) is 0.795. The van der Waals surface area contributed by atoms with Crippen LogP contribution in [0.4, 0.5) is 4.79 Å². The molecule has 0 spiro atoms. The highest BCUT2D eigenvalue weighted by Gasteiger charge is 2.33. The maximum Gasteiger partial charge on any atom is 0.318 e. The molecule has 0 aliphatic carbocycles. The van der Waals surface area contributed by atoms with E-state index in [2.05, 4.69) is 15.5 Å². The standard InChI is InChI=1S/C18H21N5O2/c1-12-17(13(2)25-21-12)15-6-5-9-23(15)18(24)20-11-14-10-19-16-7-3-4-8-22(14)16/h3-4,7-8,10,15H,5-6,9,11H2,1-2H3,(H,20,24).